The van der Waals surface area contributed by atoms with E-state index in [2.05, 4.69) is 31.9 Å². The van der Waals surface area contributed by atoms with Crippen molar-refractivity contribution in [1.29, 1.82) is 0 Å². The van der Waals surface area contributed by atoms with Crippen LogP contribution in [0.5, 0.6) is 0 Å². The largest absolute Gasteiger partial charge is 0.381 e. The van der Waals surface area contributed by atoms with E-state index in [1.165, 1.54) is 0 Å². The normalized spacial score (nSPS) is 20.2. The fraction of sp³-hybridized carbons (Fsp3) is 0.379. The van der Waals surface area contributed by atoms with Crippen molar-refractivity contribution >= 4 is 23.5 Å². The quantitative estimate of drug-likeness (QED) is 0.483. The Labute approximate surface area is 222 Å². The molecule has 38 heavy (non-hydrogen) atoms. The average Bonchev–Trinajstić information content (AvgIpc) is 3.40. The molecule has 3 aliphatic rings. The first-order valence-corrected chi connectivity index (χ1v) is 13.3. The van der Waals surface area contributed by atoms with Crippen molar-refractivity contribution < 1.29 is 14.3 Å². The van der Waals surface area contributed by atoms with E-state index >= 15 is 0 Å². The number of benzene rings is 2. The van der Waals surface area contributed by atoms with Gasteiger partial charge in [0.05, 0.1) is 11.7 Å². The van der Waals surface area contributed by atoms with E-state index in [0.29, 0.717) is 37.8 Å². The molecule has 4 heterocycles. The second-order valence-electron chi connectivity index (χ2n) is 10.2. The van der Waals surface area contributed by atoms with Crippen LogP contribution in [0.4, 0.5) is 11.6 Å². The molecule has 0 radical (unpaired) electrons. The van der Waals surface area contributed by atoms with Crippen molar-refractivity contribution in [2.75, 3.05) is 25.1 Å². The lowest BCUT2D eigenvalue weighted by molar-refractivity contribution is -0.125. The molecule has 0 saturated carbocycles. The Hall–Kier alpha value is -3.82. The van der Waals surface area contributed by atoms with E-state index in [1.54, 1.807) is 6.20 Å². The minimum atomic E-state index is -0.231. The molecule has 0 aliphatic carbocycles. The maximum absolute atomic E-state index is 13.4. The predicted octanol–water partition coefficient (Wildman–Crippen LogP) is 3.39. The first-order chi connectivity index (χ1) is 18.6. The zero-order chi connectivity index (χ0) is 25.9. The van der Waals surface area contributed by atoms with Crippen molar-refractivity contribution in [3.8, 4) is 11.3 Å². The highest BCUT2D eigenvalue weighted by molar-refractivity contribution is 5.96. The van der Waals surface area contributed by atoms with Crippen LogP contribution in [-0.2, 0) is 22.6 Å². The van der Waals surface area contributed by atoms with Crippen molar-refractivity contribution in [2.45, 2.75) is 50.9 Å². The lowest BCUT2D eigenvalue weighted by Gasteiger charge is -2.26. The van der Waals surface area contributed by atoms with Gasteiger partial charge in [-0.2, -0.15) is 0 Å². The van der Waals surface area contributed by atoms with Crippen LogP contribution < -0.4 is 16.0 Å². The number of rotatable bonds is 2. The number of nitrogens with zero attached hydrogens (tertiary/aromatic N) is 3. The highest BCUT2D eigenvalue weighted by Gasteiger charge is 2.31. The van der Waals surface area contributed by atoms with Crippen LogP contribution >= 0.6 is 0 Å². The molecule has 2 amide bonds. The summed E-state index contributed by atoms with van der Waals surface area (Å²) < 4.78 is 5.44. The van der Waals surface area contributed by atoms with Gasteiger partial charge in [0.2, 0.25) is 11.9 Å². The van der Waals surface area contributed by atoms with Gasteiger partial charge in [0, 0.05) is 55.4 Å². The van der Waals surface area contributed by atoms with Gasteiger partial charge in [-0.3, -0.25) is 14.5 Å². The molecule has 3 aliphatic heterocycles. The van der Waals surface area contributed by atoms with Crippen molar-refractivity contribution in [3.63, 3.8) is 0 Å². The van der Waals surface area contributed by atoms with Gasteiger partial charge in [-0.1, -0.05) is 18.2 Å². The summed E-state index contributed by atoms with van der Waals surface area (Å²) in [6.07, 6.45) is 5.09. The van der Waals surface area contributed by atoms with Crippen molar-refractivity contribution in [3.05, 3.63) is 71.4 Å². The van der Waals surface area contributed by atoms with Gasteiger partial charge < -0.3 is 20.7 Å². The van der Waals surface area contributed by atoms with E-state index in [1.807, 2.05) is 42.5 Å². The topological polar surface area (TPSA) is 108 Å². The van der Waals surface area contributed by atoms with Gasteiger partial charge in [0.15, 0.2) is 0 Å². The molecule has 1 aromatic heterocycles. The highest BCUT2D eigenvalue weighted by Crippen LogP contribution is 2.27. The number of ether oxygens (including phenoxy) is 1. The van der Waals surface area contributed by atoms with Gasteiger partial charge in [-0.15, -0.1) is 0 Å². The molecule has 6 rings (SSSR count). The minimum Gasteiger partial charge on any atom is -0.381 e. The molecule has 3 aromatic rings. The zero-order valence-corrected chi connectivity index (χ0v) is 21.3. The molecule has 3 N–H and O–H groups in total. The SMILES string of the molecule is O=C(NC1CCOCC1)c1ccc2cc1CN1CCC[C@H]1C(=O)NCc1cccc(c1)-c1ccnc(n1)N2. The fourth-order valence-electron chi connectivity index (χ4n) is 5.52. The van der Waals surface area contributed by atoms with Crippen LogP contribution in [-0.4, -0.2) is 58.5 Å². The number of nitrogens with one attached hydrogen (secondary N) is 3. The number of carbonyl (C=O) groups excluding carboxylic acids is 2. The number of carbonyl (C=O) groups is 2. The van der Waals surface area contributed by atoms with E-state index in [-0.39, 0.29) is 23.9 Å². The molecule has 0 unspecified atom stereocenters. The van der Waals surface area contributed by atoms with Crippen LogP contribution in [0, 0.1) is 0 Å². The average molecular weight is 513 g/mol. The van der Waals surface area contributed by atoms with Crippen LogP contribution in [0.1, 0.15) is 47.2 Å². The van der Waals surface area contributed by atoms with Crippen LogP contribution in [0.25, 0.3) is 11.3 Å². The summed E-state index contributed by atoms with van der Waals surface area (Å²) in [5.41, 5.74) is 5.04. The summed E-state index contributed by atoms with van der Waals surface area (Å²) in [6, 6.07) is 15.5. The first-order valence-electron chi connectivity index (χ1n) is 13.3. The molecule has 9 heteroatoms. The molecule has 6 bridgehead atoms. The third kappa shape index (κ3) is 5.39. The van der Waals surface area contributed by atoms with E-state index < -0.39 is 0 Å². The summed E-state index contributed by atoms with van der Waals surface area (Å²) in [5.74, 6) is 0.411. The molecule has 1 atom stereocenters. The number of aromatic nitrogens is 2. The second-order valence-corrected chi connectivity index (χ2v) is 10.2. The number of amides is 2. The third-order valence-electron chi connectivity index (χ3n) is 7.55. The Morgan fingerprint density at radius 2 is 1.97 bits per heavy atom. The molecule has 2 saturated heterocycles. The molecule has 0 spiro atoms. The smallest absolute Gasteiger partial charge is 0.251 e. The maximum atomic E-state index is 13.4. The zero-order valence-electron chi connectivity index (χ0n) is 21.3. The minimum absolute atomic E-state index is 0.0202. The molecule has 196 valence electrons. The Morgan fingerprint density at radius 3 is 2.87 bits per heavy atom. The number of hydrogen-bond donors (Lipinski definition) is 3. The van der Waals surface area contributed by atoms with Gasteiger partial charge in [0.25, 0.3) is 5.91 Å². The van der Waals surface area contributed by atoms with Gasteiger partial charge in [-0.25, -0.2) is 9.97 Å². The molecule has 2 fully saturated rings. The van der Waals surface area contributed by atoms with E-state index in [9.17, 15) is 9.59 Å². The number of hydrogen-bond acceptors (Lipinski definition) is 7. The number of fused-ring (bicyclic) bond motifs is 8. The van der Waals surface area contributed by atoms with Crippen LogP contribution in [0.15, 0.2) is 54.7 Å². The molecular weight excluding hydrogens is 480 g/mol. The molecular formula is C29H32N6O3. The standard InChI is InChI=1S/C29H32N6O3/c36-27(32-22-9-13-38-14-10-22)24-7-6-23-16-21(24)18-35-12-2-5-26(35)28(37)31-17-19-3-1-4-20(15-19)25-8-11-30-29(33-23)34-25/h1,3-4,6-8,11,15-16,22,26H,2,5,9-10,12-14,17-18H2,(H,31,37)(H,32,36)(H,30,33,34)/t26-/m0/s1. The van der Waals surface area contributed by atoms with E-state index in [0.717, 1.165) is 60.3 Å². The van der Waals surface area contributed by atoms with E-state index in [4.69, 9.17) is 9.72 Å². The summed E-state index contributed by atoms with van der Waals surface area (Å²) >= 11 is 0. The lowest BCUT2D eigenvalue weighted by Crippen LogP contribution is -2.43. The Kier molecular flexibility index (Phi) is 7.02. The Balaban J connectivity index is 1.36. The van der Waals surface area contributed by atoms with Gasteiger partial charge in [0.1, 0.15) is 0 Å². The number of anilines is 2. The van der Waals surface area contributed by atoms with Gasteiger partial charge in [-0.05, 0) is 73.7 Å². The van der Waals surface area contributed by atoms with Gasteiger partial charge >= 0.3 is 0 Å². The summed E-state index contributed by atoms with van der Waals surface area (Å²) in [7, 11) is 0. The first kappa shape index (κ1) is 24.5. The maximum Gasteiger partial charge on any atom is 0.251 e. The molecule has 2 aromatic carbocycles. The fourth-order valence-corrected chi connectivity index (χ4v) is 5.52. The van der Waals surface area contributed by atoms with Crippen LogP contribution in [0.2, 0.25) is 0 Å². The third-order valence-corrected chi connectivity index (χ3v) is 7.55. The Bertz CT molecular complexity index is 1340. The summed E-state index contributed by atoms with van der Waals surface area (Å²) in [5, 5.41) is 9.64. The van der Waals surface area contributed by atoms with Crippen LogP contribution in [0.3, 0.4) is 0 Å². The summed E-state index contributed by atoms with van der Waals surface area (Å²) in [6.45, 7) is 3.07. The molecule has 9 nitrogen and oxygen atoms in total. The Morgan fingerprint density at radius 1 is 1.08 bits per heavy atom. The lowest BCUT2D eigenvalue weighted by atomic mass is 10.0. The predicted molar refractivity (Wildman–Crippen MR) is 144 cm³/mol. The van der Waals surface area contributed by atoms with Crippen molar-refractivity contribution in [2.24, 2.45) is 0 Å². The highest BCUT2D eigenvalue weighted by atomic mass is 16.5. The monoisotopic (exact) mass is 512 g/mol. The second kappa shape index (κ2) is 10.9. The summed E-state index contributed by atoms with van der Waals surface area (Å²) in [4.78, 5) is 38.0. The van der Waals surface area contributed by atoms with Crippen molar-refractivity contribution in [1.82, 2.24) is 25.5 Å².